The van der Waals surface area contributed by atoms with Crippen molar-refractivity contribution in [3.05, 3.63) is 41.7 Å². The van der Waals surface area contributed by atoms with Crippen LogP contribution >= 0.6 is 0 Å². The summed E-state index contributed by atoms with van der Waals surface area (Å²) in [6, 6.07) is 10.4. The molecule has 2 aromatic rings. The third-order valence-corrected chi connectivity index (χ3v) is 2.18. The largest absolute Gasteiger partial charge is 0.463 e. The minimum atomic E-state index is -0.583. The lowest BCUT2D eigenvalue weighted by molar-refractivity contribution is 0.0554. The highest BCUT2D eigenvalue weighted by atomic mass is 16.5. The van der Waals surface area contributed by atoms with Gasteiger partial charge in [0.1, 0.15) is 5.69 Å². The Morgan fingerprint density at radius 1 is 1.47 bits per heavy atom. The van der Waals surface area contributed by atoms with Crippen LogP contribution in [0.25, 0.3) is 11.3 Å². The molecular weight excluding hydrogens is 220 g/mol. The smallest absolute Gasteiger partial charge is 0.376 e. The quantitative estimate of drug-likeness (QED) is 0.734. The first-order valence-corrected chi connectivity index (χ1v) is 4.80. The molecule has 17 heavy (non-hydrogen) atoms. The molecule has 0 spiro atoms. The maximum absolute atomic E-state index is 11.2. The monoisotopic (exact) mass is 228 g/mol. The van der Waals surface area contributed by atoms with E-state index in [9.17, 15) is 4.79 Å². The average molecular weight is 228 g/mol. The molecule has 0 aliphatic carbocycles. The van der Waals surface area contributed by atoms with Gasteiger partial charge in [0.25, 0.3) is 0 Å². The Morgan fingerprint density at radius 2 is 2.29 bits per heavy atom. The molecule has 0 bridgehead atoms. The van der Waals surface area contributed by atoms with Gasteiger partial charge >= 0.3 is 5.97 Å². The highest BCUT2D eigenvalue weighted by molar-refractivity contribution is 5.87. The van der Waals surface area contributed by atoms with Crippen LogP contribution in [0.1, 0.15) is 16.1 Å². The molecule has 0 saturated carbocycles. The minimum absolute atomic E-state index is 0.0323. The van der Waals surface area contributed by atoms with Crippen molar-refractivity contribution in [2.24, 2.45) is 0 Å². The van der Waals surface area contributed by atoms with Crippen molar-refractivity contribution in [2.45, 2.75) is 0 Å². The molecule has 84 valence electrons. The number of ether oxygens (including phenoxy) is 1. The van der Waals surface area contributed by atoms with Gasteiger partial charge in [-0.05, 0) is 12.1 Å². The van der Waals surface area contributed by atoms with E-state index in [1.165, 1.54) is 13.2 Å². The minimum Gasteiger partial charge on any atom is -0.463 e. The van der Waals surface area contributed by atoms with Crippen LogP contribution in [0.3, 0.4) is 0 Å². The number of aromatic nitrogens is 1. The van der Waals surface area contributed by atoms with Crippen LogP contribution in [-0.4, -0.2) is 18.2 Å². The summed E-state index contributed by atoms with van der Waals surface area (Å²) in [5.41, 5.74) is 1.72. The van der Waals surface area contributed by atoms with Crippen LogP contribution in [0, 0.1) is 11.3 Å². The number of nitrogens with zero attached hydrogens (tertiary/aromatic N) is 2. The molecule has 5 nitrogen and oxygen atoms in total. The molecule has 0 aliphatic rings. The molecule has 0 radical (unpaired) electrons. The zero-order valence-corrected chi connectivity index (χ0v) is 9.01. The van der Waals surface area contributed by atoms with Crippen molar-refractivity contribution in [1.82, 2.24) is 5.16 Å². The number of carbonyl (C=O) groups excluding carboxylic acids is 1. The first kappa shape index (κ1) is 10.9. The number of methoxy groups -OCH3 is 1. The van der Waals surface area contributed by atoms with Gasteiger partial charge in [0.15, 0.2) is 0 Å². The summed E-state index contributed by atoms with van der Waals surface area (Å²) in [4.78, 5) is 11.2. The summed E-state index contributed by atoms with van der Waals surface area (Å²) < 4.78 is 9.34. The summed E-state index contributed by atoms with van der Waals surface area (Å²) in [6.07, 6.45) is 0. The van der Waals surface area contributed by atoms with Gasteiger partial charge < -0.3 is 9.26 Å². The van der Waals surface area contributed by atoms with E-state index in [0.717, 1.165) is 0 Å². The highest BCUT2D eigenvalue weighted by Gasteiger charge is 2.14. The van der Waals surface area contributed by atoms with Crippen LogP contribution < -0.4 is 0 Å². The predicted molar refractivity (Wildman–Crippen MR) is 58.0 cm³/mol. The standard InChI is InChI=1S/C12H8N2O3/c1-16-12(15)11-6-10(14-17-11)9-4-2-3-8(5-9)7-13/h2-6H,1H3. The molecule has 0 saturated heterocycles. The lowest BCUT2D eigenvalue weighted by atomic mass is 10.1. The van der Waals surface area contributed by atoms with E-state index in [-0.39, 0.29) is 5.76 Å². The van der Waals surface area contributed by atoms with Gasteiger partial charge in [-0.3, -0.25) is 0 Å². The average Bonchev–Trinajstić information content (AvgIpc) is 2.87. The van der Waals surface area contributed by atoms with E-state index in [4.69, 9.17) is 9.78 Å². The third kappa shape index (κ3) is 2.16. The normalized spacial score (nSPS) is 9.65. The second kappa shape index (κ2) is 4.49. The Balaban J connectivity index is 2.37. The van der Waals surface area contributed by atoms with Gasteiger partial charge in [-0.15, -0.1) is 0 Å². The number of rotatable bonds is 2. The molecule has 1 heterocycles. The Bertz CT molecular complexity index is 596. The van der Waals surface area contributed by atoms with Crippen molar-refractivity contribution in [2.75, 3.05) is 7.11 Å². The van der Waals surface area contributed by atoms with Crippen molar-refractivity contribution in [1.29, 1.82) is 5.26 Å². The van der Waals surface area contributed by atoms with Gasteiger partial charge in [0.2, 0.25) is 5.76 Å². The molecule has 1 aromatic carbocycles. The van der Waals surface area contributed by atoms with Crippen molar-refractivity contribution < 1.29 is 14.1 Å². The van der Waals surface area contributed by atoms with Gasteiger partial charge in [0.05, 0.1) is 18.7 Å². The van der Waals surface area contributed by atoms with Crippen molar-refractivity contribution in [3.8, 4) is 17.3 Å². The molecule has 1 aromatic heterocycles. The Kier molecular flexibility index (Phi) is 2.88. The summed E-state index contributed by atoms with van der Waals surface area (Å²) >= 11 is 0. The van der Waals surface area contributed by atoms with E-state index < -0.39 is 5.97 Å². The van der Waals surface area contributed by atoms with Gasteiger partial charge in [0, 0.05) is 11.6 Å². The fourth-order valence-electron chi connectivity index (χ4n) is 1.36. The number of benzene rings is 1. The maximum Gasteiger partial charge on any atom is 0.376 e. The summed E-state index contributed by atoms with van der Waals surface area (Å²) in [7, 11) is 1.26. The van der Waals surface area contributed by atoms with Crippen molar-refractivity contribution in [3.63, 3.8) is 0 Å². The van der Waals surface area contributed by atoms with Gasteiger partial charge in [-0.25, -0.2) is 4.79 Å². The van der Waals surface area contributed by atoms with Crippen molar-refractivity contribution >= 4 is 5.97 Å². The van der Waals surface area contributed by atoms with E-state index >= 15 is 0 Å². The number of hydrogen-bond acceptors (Lipinski definition) is 5. The van der Waals surface area contributed by atoms with Gasteiger partial charge in [-0.2, -0.15) is 5.26 Å². The van der Waals surface area contributed by atoms with Crippen LogP contribution in [0.5, 0.6) is 0 Å². The van der Waals surface area contributed by atoms with Crippen LogP contribution in [-0.2, 0) is 4.74 Å². The molecule has 0 N–H and O–H groups in total. The molecule has 0 aliphatic heterocycles. The summed E-state index contributed by atoms with van der Waals surface area (Å²) in [6.45, 7) is 0. The first-order valence-electron chi connectivity index (χ1n) is 4.80. The number of carbonyl (C=O) groups is 1. The fourth-order valence-corrected chi connectivity index (χ4v) is 1.36. The van der Waals surface area contributed by atoms with E-state index in [0.29, 0.717) is 16.8 Å². The molecule has 0 unspecified atom stereocenters. The molecule has 5 heteroatoms. The Hall–Kier alpha value is -2.61. The predicted octanol–water partition coefficient (Wildman–Crippen LogP) is 2.00. The summed E-state index contributed by atoms with van der Waals surface area (Å²) in [5, 5.41) is 12.5. The van der Waals surface area contributed by atoms with Gasteiger partial charge in [-0.1, -0.05) is 17.3 Å². The molecule has 2 rings (SSSR count). The maximum atomic E-state index is 11.2. The van der Waals surface area contributed by atoms with E-state index in [2.05, 4.69) is 9.89 Å². The first-order chi connectivity index (χ1) is 8.24. The molecule has 0 atom stereocenters. The van der Waals surface area contributed by atoms with E-state index in [1.807, 2.05) is 6.07 Å². The topological polar surface area (TPSA) is 76.1 Å². The fraction of sp³-hybridized carbons (Fsp3) is 0.0833. The molecule has 0 fully saturated rings. The van der Waals surface area contributed by atoms with Crippen LogP contribution in [0.4, 0.5) is 0 Å². The Morgan fingerprint density at radius 3 is 3.00 bits per heavy atom. The lowest BCUT2D eigenvalue weighted by Gasteiger charge is -1.94. The second-order valence-electron chi connectivity index (χ2n) is 3.26. The Labute approximate surface area is 97.2 Å². The number of hydrogen-bond donors (Lipinski definition) is 0. The molecule has 0 amide bonds. The van der Waals surface area contributed by atoms with Crippen LogP contribution in [0.2, 0.25) is 0 Å². The summed E-state index contributed by atoms with van der Waals surface area (Å²) in [5.74, 6) is -0.551. The zero-order chi connectivity index (χ0) is 12.3. The van der Waals surface area contributed by atoms with E-state index in [1.54, 1.807) is 24.3 Å². The van der Waals surface area contributed by atoms with Crippen LogP contribution in [0.15, 0.2) is 34.9 Å². The number of esters is 1. The zero-order valence-electron chi connectivity index (χ0n) is 9.01. The SMILES string of the molecule is COC(=O)c1cc(-c2cccc(C#N)c2)no1. The number of nitriles is 1. The second-order valence-corrected chi connectivity index (χ2v) is 3.26. The highest BCUT2D eigenvalue weighted by Crippen LogP contribution is 2.20. The molecular formula is C12H8N2O3. The lowest BCUT2D eigenvalue weighted by Crippen LogP contribution is -1.98. The third-order valence-electron chi connectivity index (χ3n) is 2.18.